The molecule has 0 aliphatic heterocycles. The molecule has 0 amide bonds. The van der Waals surface area contributed by atoms with Crippen molar-refractivity contribution in [2.75, 3.05) is 0 Å². The van der Waals surface area contributed by atoms with Crippen molar-refractivity contribution in [2.24, 2.45) is 5.73 Å². The van der Waals surface area contributed by atoms with E-state index in [-0.39, 0.29) is 6.04 Å². The van der Waals surface area contributed by atoms with Gasteiger partial charge in [-0.15, -0.1) is 0 Å². The van der Waals surface area contributed by atoms with E-state index in [1.54, 1.807) is 0 Å². The number of hydrogen-bond acceptors (Lipinski definition) is 4. The van der Waals surface area contributed by atoms with Gasteiger partial charge in [-0.3, -0.25) is 0 Å². The highest BCUT2D eigenvalue weighted by Crippen LogP contribution is 2.33. The Morgan fingerprint density at radius 3 is 2.67 bits per heavy atom. The minimum atomic E-state index is 0.286. The first-order chi connectivity index (χ1) is 8.66. The van der Waals surface area contributed by atoms with Crippen LogP contribution >= 0.6 is 0 Å². The van der Waals surface area contributed by atoms with Crippen LogP contribution in [0.15, 0.2) is 4.52 Å². The predicted molar refractivity (Wildman–Crippen MR) is 71.4 cm³/mol. The number of nitrogens with zero attached hydrogens (tertiary/aromatic N) is 2. The second-order valence-corrected chi connectivity index (χ2v) is 5.78. The van der Waals surface area contributed by atoms with Crippen molar-refractivity contribution in [3.63, 3.8) is 0 Å². The molecule has 2 atom stereocenters. The molecule has 2 unspecified atom stereocenters. The molecule has 102 valence electrons. The van der Waals surface area contributed by atoms with E-state index in [1.165, 1.54) is 25.7 Å². The van der Waals surface area contributed by atoms with Gasteiger partial charge in [-0.1, -0.05) is 31.3 Å². The SMILES string of the molecule is CC(N)CCCC(C)c1nc(C2CCCC2)no1. The van der Waals surface area contributed by atoms with Crippen LogP contribution in [0.4, 0.5) is 0 Å². The summed E-state index contributed by atoms with van der Waals surface area (Å²) in [5.41, 5.74) is 5.75. The summed E-state index contributed by atoms with van der Waals surface area (Å²) in [6.07, 6.45) is 8.31. The highest BCUT2D eigenvalue weighted by Gasteiger charge is 2.23. The standard InChI is InChI=1S/C14H25N3O/c1-10(6-5-7-11(2)15)14-16-13(17-18-14)12-8-3-4-9-12/h10-12H,3-9,15H2,1-2H3. The van der Waals surface area contributed by atoms with Gasteiger partial charge in [-0.25, -0.2) is 0 Å². The van der Waals surface area contributed by atoms with Crippen LogP contribution < -0.4 is 5.73 Å². The zero-order chi connectivity index (χ0) is 13.0. The molecule has 18 heavy (non-hydrogen) atoms. The third-order valence-electron chi connectivity index (χ3n) is 3.90. The van der Waals surface area contributed by atoms with Crippen LogP contribution in [-0.4, -0.2) is 16.2 Å². The van der Waals surface area contributed by atoms with Crippen molar-refractivity contribution in [3.8, 4) is 0 Å². The second-order valence-electron chi connectivity index (χ2n) is 5.78. The van der Waals surface area contributed by atoms with E-state index in [4.69, 9.17) is 10.3 Å². The maximum absolute atomic E-state index is 5.75. The lowest BCUT2D eigenvalue weighted by molar-refractivity contribution is 0.343. The van der Waals surface area contributed by atoms with E-state index >= 15 is 0 Å². The Morgan fingerprint density at radius 2 is 2.00 bits per heavy atom. The lowest BCUT2D eigenvalue weighted by atomic mass is 10.0. The topological polar surface area (TPSA) is 64.9 Å². The molecule has 1 aromatic rings. The first kappa shape index (κ1) is 13.5. The third-order valence-corrected chi connectivity index (χ3v) is 3.90. The highest BCUT2D eigenvalue weighted by atomic mass is 16.5. The van der Waals surface area contributed by atoms with Crippen molar-refractivity contribution >= 4 is 0 Å². The quantitative estimate of drug-likeness (QED) is 0.842. The molecule has 1 fully saturated rings. The molecule has 4 nitrogen and oxygen atoms in total. The van der Waals surface area contributed by atoms with Gasteiger partial charge in [0.25, 0.3) is 0 Å². The van der Waals surface area contributed by atoms with E-state index in [9.17, 15) is 0 Å². The van der Waals surface area contributed by atoms with Crippen LogP contribution in [0.2, 0.25) is 0 Å². The van der Waals surface area contributed by atoms with Crippen molar-refractivity contribution in [1.29, 1.82) is 0 Å². The maximum Gasteiger partial charge on any atom is 0.229 e. The lowest BCUT2D eigenvalue weighted by Gasteiger charge is -2.07. The normalized spacial score (nSPS) is 20.2. The van der Waals surface area contributed by atoms with Gasteiger partial charge in [-0.2, -0.15) is 4.98 Å². The van der Waals surface area contributed by atoms with Crippen LogP contribution in [0.3, 0.4) is 0 Å². The van der Waals surface area contributed by atoms with Gasteiger partial charge >= 0.3 is 0 Å². The van der Waals surface area contributed by atoms with Gasteiger partial charge < -0.3 is 10.3 Å². The maximum atomic E-state index is 5.75. The predicted octanol–water partition coefficient (Wildman–Crippen LogP) is 3.35. The molecule has 0 spiro atoms. The van der Waals surface area contributed by atoms with Crippen molar-refractivity contribution in [2.45, 2.75) is 76.7 Å². The van der Waals surface area contributed by atoms with Gasteiger partial charge in [0.15, 0.2) is 5.82 Å². The van der Waals surface area contributed by atoms with Crippen LogP contribution in [0.25, 0.3) is 0 Å². The summed E-state index contributed by atoms with van der Waals surface area (Å²) >= 11 is 0. The van der Waals surface area contributed by atoms with E-state index in [1.807, 2.05) is 0 Å². The van der Waals surface area contributed by atoms with E-state index < -0.39 is 0 Å². The highest BCUT2D eigenvalue weighted by molar-refractivity contribution is 5.00. The fraction of sp³-hybridized carbons (Fsp3) is 0.857. The average Bonchev–Trinajstić information content (AvgIpc) is 2.99. The van der Waals surface area contributed by atoms with E-state index in [0.717, 1.165) is 31.0 Å². The zero-order valence-electron chi connectivity index (χ0n) is 11.6. The minimum absolute atomic E-state index is 0.286. The molecule has 1 aliphatic carbocycles. The molecular formula is C14H25N3O. The Kier molecular flexibility index (Phi) is 4.75. The van der Waals surface area contributed by atoms with Crippen LogP contribution in [0.5, 0.6) is 0 Å². The van der Waals surface area contributed by atoms with Gasteiger partial charge in [0.1, 0.15) is 0 Å². The first-order valence-corrected chi connectivity index (χ1v) is 7.26. The summed E-state index contributed by atoms with van der Waals surface area (Å²) < 4.78 is 5.40. The Bertz CT molecular complexity index is 356. The molecule has 4 heteroatoms. The Hall–Kier alpha value is -0.900. The Balaban J connectivity index is 1.84. The van der Waals surface area contributed by atoms with Crippen LogP contribution in [0.1, 0.15) is 82.3 Å². The first-order valence-electron chi connectivity index (χ1n) is 7.26. The molecule has 2 rings (SSSR count). The summed E-state index contributed by atoms with van der Waals surface area (Å²) in [6, 6.07) is 0.286. The fourth-order valence-electron chi connectivity index (χ4n) is 2.67. The van der Waals surface area contributed by atoms with Gasteiger partial charge in [0.2, 0.25) is 5.89 Å². The van der Waals surface area contributed by atoms with Gasteiger partial charge in [0, 0.05) is 17.9 Å². The number of hydrogen-bond donors (Lipinski definition) is 1. The van der Waals surface area contributed by atoms with E-state index in [2.05, 4.69) is 24.0 Å². The molecule has 1 heterocycles. The Labute approximate surface area is 109 Å². The molecule has 0 radical (unpaired) electrons. The second kappa shape index (κ2) is 6.32. The van der Waals surface area contributed by atoms with Crippen LogP contribution in [-0.2, 0) is 0 Å². The number of rotatable bonds is 6. The average molecular weight is 251 g/mol. The van der Waals surface area contributed by atoms with Crippen LogP contribution in [0, 0.1) is 0 Å². The molecular weight excluding hydrogens is 226 g/mol. The lowest BCUT2D eigenvalue weighted by Crippen LogP contribution is -2.14. The largest absolute Gasteiger partial charge is 0.339 e. The fourth-order valence-corrected chi connectivity index (χ4v) is 2.67. The zero-order valence-corrected chi connectivity index (χ0v) is 11.6. The van der Waals surface area contributed by atoms with Crippen molar-refractivity contribution in [3.05, 3.63) is 11.7 Å². The van der Waals surface area contributed by atoms with E-state index in [0.29, 0.717) is 11.8 Å². The van der Waals surface area contributed by atoms with Gasteiger partial charge in [-0.05, 0) is 32.6 Å². The molecule has 2 N–H and O–H groups in total. The Morgan fingerprint density at radius 1 is 1.28 bits per heavy atom. The summed E-state index contributed by atoms with van der Waals surface area (Å²) in [4.78, 5) is 4.58. The smallest absolute Gasteiger partial charge is 0.229 e. The summed E-state index contributed by atoms with van der Waals surface area (Å²) in [7, 11) is 0. The third kappa shape index (κ3) is 3.55. The summed E-state index contributed by atoms with van der Waals surface area (Å²) in [5.74, 6) is 2.63. The molecule has 0 aromatic carbocycles. The minimum Gasteiger partial charge on any atom is -0.339 e. The molecule has 0 saturated heterocycles. The monoisotopic (exact) mass is 251 g/mol. The summed E-state index contributed by atoms with van der Waals surface area (Å²) in [5, 5.41) is 4.15. The number of nitrogens with two attached hydrogens (primary N) is 1. The number of aromatic nitrogens is 2. The molecule has 1 aliphatic rings. The molecule has 1 aromatic heterocycles. The molecule has 0 bridgehead atoms. The molecule has 1 saturated carbocycles. The van der Waals surface area contributed by atoms with Crippen molar-refractivity contribution in [1.82, 2.24) is 10.1 Å². The summed E-state index contributed by atoms with van der Waals surface area (Å²) in [6.45, 7) is 4.21. The van der Waals surface area contributed by atoms with Gasteiger partial charge in [0.05, 0.1) is 0 Å². The van der Waals surface area contributed by atoms with Crippen molar-refractivity contribution < 1.29 is 4.52 Å².